The second-order valence-corrected chi connectivity index (χ2v) is 31.9. The van der Waals surface area contributed by atoms with Crippen LogP contribution in [0.3, 0.4) is 0 Å². The van der Waals surface area contributed by atoms with Gasteiger partial charge in [-0.05, 0) is 91.8 Å². The standard InChI is InChI=1S/C19H29NO8S.C17H27N3O8S.C12H23NO6.C10H17N3O2.C7H7ClO2S.C4H11NO2.C3H3N/c1-15-5-7-16(8-6-15)29(23,24)20-19(2,13-27-11-9-17(21)25-3)14-28-12-10-18(22)26-4;1-13-3-5-14(6-4-13)29(25,26)20-17(2,11-27-9-7-15(21)18-23)12-28-10-8-16(22)19-24;1-12(13,8-18-6-4-10(14)16-2)9-19-7-5-11(15)17-3;1-10(13,8-14-6-2-4-11)9-15-7-3-5-12;1-6-2-4-7(5-3-6)11(8,9)10;1-4(5,2-6)3-7;1-2-3-4/h5-8,20H,9-14H2,1-4H3;3-6,20,23-24H,7-12H2,1-2H3,(H,18,21)(H,19,22);4-9,13H2,1-3H3;2-3,6-9,13H2,1H3;2-5H,1H3;6-7H,2-3,5H2,1H3;2H,1H2. The van der Waals surface area contributed by atoms with Crippen LogP contribution in [0.1, 0.15) is 103 Å². The van der Waals surface area contributed by atoms with E-state index in [1.54, 1.807) is 70.2 Å². The number of hydrogen-bond acceptors (Lipinski definition) is 34. The second-order valence-electron chi connectivity index (χ2n) is 25.9. The van der Waals surface area contributed by atoms with E-state index in [-0.39, 0.29) is 158 Å². The van der Waals surface area contributed by atoms with Gasteiger partial charge in [0.15, 0.2) is 0 Å². The Bertz CT molecular complexity index is 3460. The Hall–Kier alpha value is -7.85. The number of carbonyl (C=O) groups excluding carboxylic acids is 6. The molecule has 0 heterocycles. The summed E-state index contributed by atoms with van der Waals surface area (Å²) in [7, 11) is -1.01. The number of rotatable bonds is 47. The first-order valence-corrected chi connectivity index (χ1v) is 39.9. The highest BCUT2D eigenvalue weighted by Crippen LogP contribution is 2.19. The van der Waals surface area contributed by atoms with E-state index in [0.29, 0.717) is 39.3 Å². The number of sulfonamides is 2. The van der Waals surface area contributed by atoms with Crippen LogP contribution < -0.4 is 37.6 Å². The molecule has 0 fully saturated rings. The van der Waals surface area contributed by atoms with E-state index in [1.165, 1.54) is 81.9 Å². The molecule has 38 nitrogen and oxygen atoms in total. The van der Waals surface area contributed by atoms with Crippen molar-refractivity contribution in [3.05, 3.63) is 102 Å². The number of aliphatic hydroxyl groups is 2. The minimum absolute atomic E-state index is 0.0422. The number of amides is 2. The minimum Gasteiger partial charge on any atom is -0.469 e. The van der Waals surface area contributed by atoms with Gasteiger partial charge >= 0.3 is 23.9 Å². The Balaban J connectivity index is -0.000000662. The average molecular weight is 1700 g/mol. The maximum Gasteiger partial charge on any atom is 0.307 e. The van der Waals surface area contributed by atoms with Gasteiger partial charge in [0.2, 0.25) is 31.9 Å². The maximum atomic E-state index is 12.8. The molecule has 2 amide bonds. The third-order valence-electron chi connectivity index (χ3n) is 13.6. The molecule has 648 valence electrons. The number of aliphatic hydroxyl groups excluding tert-OH is 2. The van der Waals surface area contributed by atoms with Gasteiger partial charge in [0, 0.05) is 16.8 Å². The molecule has 0 radical (unpaired) electrons. The largest absolute Gasteiger partial charge is 0.469 e. The van der Waals surface area contributed by atoms with Gasteiger partial charge in [-0.25, -0.2) is 45.7 Å². The summed E-state index contributed by atoms with van der Waals surface area (Å²) in [6.07, 6.45) is 2.15. The van der Waals surface area contributed by atoms with Crippen molar-refractivity contribution in [1.29, 1.82) is 15.8 Å². The van der Waals surface area contributed by atoms with Crippen LogP contribution in [0, 0.1) is 54.8 Å². The molecule has 0 saturated carbocycles. The zero-order valence-corrected chi connectivity index (χ0v) is 70.1. The fourth-order valence-electron chi connectivity index (χ4n) is 7.36. The molecule has 0 atom stereocenters. The number of benzene rings is 3. The lowest BCUT2D eigenvalue weighted by molar-refractivity contribution is -0.143. The van der Waals surface area contributed by atoms with E-state index >= 15 is 0 Å². The van der Waals surface area contributed by atoms with Gasteiger partial charge in [-0.15, -0.1) is 0 Å². The third kappa shape index (κ3) is 62.5. The number of aryl methyl sites for hydroxylation is 3. The van der Waals surface area contributed by atoms with Gasteiger partial charge in [0.1, 0.15) is 0 Å². The molecule has 0 spiro atoms. The van der Waals surface area contributed by atoms with E-state index in [1.807, 2.05) is 39.8 Å². The molecular weight excluding hydrogens is 1580 g/mol. The third-order valence-corrected chi connectivity index (χ3v) is 18.3. The highest BCUT2D eigenvalue weighted by Gasteiger charge is 2.34. The van der Waals surface area contributed by atoms with Gasteiger partial charge < -0.3 is 84.3 Å². The lowest BCUT2D eigenvalue weighted by Crippen LogP contribution is -2.53. The number of allylic oxidation sites excluding steroid dienone is 1. The highest BCUT2D eigenvalue weighted by molar-refractivity contribution is 8.13. The molecule has 0 aliphatic carbocycles. The fraction of sp³-hybridized carbons (Fsp3) is 0.597. The second kappa shape index (κ2) is 63.4. The minimum atomic E-state index is -3.90. The number of nitriles is 3. The monoisotopic (exact) mass is 1700 g/mol. The molecule has 14 N–H and O–H groups in total. The van der Waals surface area contributed by atoms with Crippen LogP contribution in [0.4, 0.5) is 0 Å². The number of nitrogens with one attached hydrogen (secondary N) is 4. The van der Waals surface area contributed by atoms with Gasteiger partial charge in [0.05, 0.1) is 259 Å². The van der Waals surface area contributed by atoms with E-state index in [0.717, 1.165) is 16.7 Å². The lowest BCUT2D eigenvalue weighted by Gasteiger charge is -2.30. The molecule has 0 aliphatic heterocycles. The summed E-state index contributed by atoms with van der Waals surface area (Å²) in [5, 5.41) is 57.7. The van der Waals surface area contributed by atoms with Gasteiger partial charge in [-0.2, -0.15) is 15.8 Å². The Morgan fingerprint density at radius 3 is 0.860 bits per heavy atom. The maximum absolute atomic E-state index is 12.8. The molecule has 0 saturated heterocycles. The first-order valence-electron chi connectivity index (χ1n) is 34.6. The lowest BCUT2D eigenvalue weighted by atomic mass is 10.1. The molecule has 42 heteroatoms. The Labute approximate surface area is 673 Å². The predicted octanol–water partition coefficient (Wildman–Crippen LogP) is 2.78. The Morgan fingerprint density at radius 2 is 0.658 bits per heavy atom. The fourth-order valence-corrected chi connectivity index (χ4v) is 10.9. The molecule has 114 heavy (non-hydrogen) atoms. The number of carbonyl (C=O) groups is 6. The number of nitrogens with zero attached hydrogens (tertiary/aromatic N) is 3. The van der Waals surface area contributed by atoms with Crippen molar-refractivity contribution in [2.24, 2.45) is 17.2 Å². The van der Waals surface area contributed by atoms with Crippen molar-refractivity contribution >= 4 is 75.5 Å². The summed E-state index contributed by atoms with van der Waals surface area (Å²) in [6, 6.07) is 24.7. The van der Waals surface area contributed by atoms with Crippen molar-refractivity contribution in [1.82, 2.24) is 20.4 Å². The topological polar surface area (TPSA) is 594 Å². The molecule has 0 unspecified atom stereocenters. The van der Waals surface area contributed by atoms with Crippen molar-refractivity contribution in [2.75, 3.05) is 147 Å². The average Bonchev–Trinajstić information content (AvgIpc) is 0.824. The summed E-state index contributed by atoms with van der Waals surface area (Å²) < 4.78 is 138. The van der Waals surface area contributed by atoms with E-state index in [9.17, 15) is 54.0 Å². The van der Waals surface area contributed by atoms with Crippen LogP contribution in [0.2, 0.25) is 0 Å². The molecule has 0 bridgehead atoms. The van der Waals surface area contributed by atoms with Gasteiger partial charge in [-0.3, -0.25) is 39.2 Å². The first-order chi connectivity index (χ1) is 53.3. The predicted molar refractivity (Wildman–Crippen MR) is 414 cm³/mol. The number of hydroxylamine groups is 2. The summed E-state index contributed by atoms with van der Waals surface area (Å²) in [6.45, 7) is 18.8. The Morgan fingerprint density at radius 1 is 0.430 bits per heavy atom. The summed E-state index contributed by atoms with van der Waals surface area (Å²) >= 11 is 0. The molecule has 0 aliphatic rings. The van der Waals surface area contributed by atoms with Crippen LogP contribution in [0.5, 0.6) is 0 Å². The van der Waals surface area contributed by atoms with Crippen molar-refractivity contribution in [3.8, 4) is 18.2 Å². The van der Waals surface area contributed by atoms with Crippen LogP contribution in [-0.4, -0.2) is 257 Å². The molecule has 0 aromatic heterocycles. The number of ether oxygens (including phenoxy) is 12. The number of methoxy groups -OCH3 is 4. The van der Waals surface area contributed by atoms with Gasteiger partial charge in [0.25, 0.3) is 9.05 Å². The SMILES string of the molecule is C=CC#N.CC(N)(CO)CO.CC(N)(COCCC#N)COCCC#N.COC(=O)CCOCC(C)(COCCC(=O)OC)NS(=O)(=O)c1ccc(C)cc1.COC(=O)CCOCC(C)(N)COCCC(=O)OC.Cc1ccc(S(=O)(=O)Cl)cc1.Cc1ccc(S(=O)(=O)NC(C)(COCCC(=O)NO)COCCC(=O)NO)cc1. The Kier molecular flexibility index (Phi) is 62.5. The number of nitrogens with two attached hydrogens (primary N) is 3. The molecule has 3 aromatic carbocycles. The van der Waals surface area contributed by atoms with Crippen molar-refractivity contribution in [3.63, 3.8) is 0 Å². The number of halogens is 1. The van der Waals surface area contributed by atoms with Crippen molar-refractivity contribution < 1.29 is 131 Å². The van der Waals surface area contributed by atoms with E-state index in [2.05, 4.69) is 35.0 Å². The first kappa shape index (κ1) is 112. The van der Waals surface area contributed by atoms with Crippen molar-refractivity contribution in [2.45, 2.75) is 149 Å². The van der Waals surface area contributed by atoms with Crippen LogP contribution in [-0.2, 0) is 115 Å². The molecule has 3 rings (SSSR count). The summed E-state index contributed by atoms with van der Waals surface area (Å²) in [5.74, 6) is -2.79. The van der Waals surface area contributed by atoms with E-state index < -0.39 is 80.5 Å². The van der Waals surface area contributed by atoms with Gasteiger partial charge in [-0.1, -0.05) is 59.7 Å². The molecular formula is C72H117ClN10O28S3. The van der Waals surface area contributed by atoms with Crippen LogP contribution in [0.15, 0.2) is 100 Å². The van der Waals surface area contributed by atoms with Crippen LogP contribution in [0.25, 0.3) is 0 Å². The summed E-state index contributed by atoms with van der Waals surface area (Å²) in [4.78, 5) is 66.5. The highest BCUT2D eigenvalue weighted by atomic mass is 35.7. The number of esters is 4. The quantitative estimate of drug-likeness (QED) is 0.00736. The molecule has 3 aromatic rings. The van der Waals surface area contributed by atoms with Crippen LogP contribution >= 0.6 is 10.7 Å². The zero-order chi connectivity index (χ0) is 87.9. The zero-order valence-electron chi connectivity index (χ0n) is 66.9. The van der Waals surface area contributed by atoms with E-state index in [4.69, 9.17) is 102 Å². The summed E-state index contributed by atoms with van der Waals surface area (Å²) in [5.41, 5.74) is 18.4. The normalized spacial score (nSPS) is 11.3. The number of hydrogen-bond donors (Lipinski definition) is 11. The smallest absolute Gasteiger partial charge is 0.307 e.